The zero-order valence-corrected chi connectivity index (χ0v) is 16.9. The molecule has 154 valence electrons. The minimum atomic E-state index is -0.529. The summed E-state index contributed by atoms with van der Waals surface area (Å²) in [6.45, 7) is 4.29. The number of likely N-dealkylation sites (tertiary alicyclic amines) is 1. The third kappa shape index (κ3) is 5.06. The molecule has 1 saturated heterocycles. The minimum Gasteiger partial charge on any atom is -0.496 e. The highest BCUT2D eigenvalue weighted by molar-refractivity contribution is 5.96. The van der Waals surface area contributed by atoms with Crippen LogP contribution < -0.4 is 21.1 Å². The normalized spacial score (nSPS) is 15.0. The van der Waals surface area contributed by atoms with E-state index in [0.717, 1.165) is 42.8 Å². The molecule has 4 N–H and O–H groups in total. The Morgan fingerprint density at radius 3 is 2.59 bits per heavy atom. The van der Waals surface area contributed by atoms with Gasteiger partial charge in [-0.05, 0) is 56.6 Å². The van der Waals surface area contributed by atoms with Crippen molar-refractivity contribution in [1.82, 2.24) is 10.2 Å². The molecule has 0 saturated carbocycles. The molecule has 7 nitrogen and oxygen atoms in total. The second-order valence-corrected chi connectivity index (χ2v) is 7.23. The van der Waals surface area contributed by atoms with Gasteiger partial charge >= 0.3 is 6.03 Å². The van der Waals surface area contributed by atoms with Crippen molar-refractivity contribution in [3.8, 4) is 5.75 Å². The first-order valence-electron chi connectivity index (χ1n) is 9.82. The van der Waals surface area contributed by atoms with Crippen molar-refractivity contribution in [3.05, 3.63) is 59.2 Å². The molecule has 0 bridgehead atoms. The lowest BCUT2D eigenvalue weighted by molar-refractivity contribution is 0.1000. The highest BCUT2D eigenvalue weighted by atomic mass is 16.5. The van der Waals surface area contributed by atoms with Crippen molar-refractivity contribution >= 4 is 17.6 Å². The van der Waals surface area contributed by atoms with Crippen LogP contribution in [0.25, 0.3) is 0 Å². The number of nitrogens with one attached hydrogen (secondary N) is 2. The molecule has 0 spiro atoms. The van der Waals surface area contributed by atoms with Crippen LogP contribution in [-0.2, 0) is 0 Å². The quantitative estimate of drug-likeness (QED) is 0.670. The van der Waals surface area contributed by atoms with E-state index in [1.165, 1.54) is 0 Å². The fraction of sp³-hybridized carbons (Fsp3) is 0.364. The zero-order chi connectivity index (χ0) is 20.8. The number of para-hydroxylation sites is 1. The molecular weight excluding hydrogens is 368 g/mol. The number of benzene rings is 2. The predicted octanol–water partition coefficient (Wildman–Crippen LogP) is 3.06. The molecule has 1 aliphatic heterocycles. The van der Waals surface area contributed by atoms with E-state index >= 15 is 0 Å². The molecular formula is C22H28N4O3. The average Bonchev–Trinajstić information content (AvgIpc) is 3.24. The Morgan fingerprint density at radius 2 is 1.90 bits per heavy atom. The number of ether oxygens (including phenoxy) is 1. The largest absolute Gasteiger partial charge is 0.496 e. The van der Waals surface area contributed by atoms with Crippen molar-refractivity contribution in [2.75, 3.05) is 32.1 Å². The summed E-state index contributed by atoms with van der Waals surface area (Å²) in [4.78, 5) is 26.3. The topological polar surface area (TPSA) is 96.7 Å². The number of aryl methyl sites for hydroxylation is 1. The molecule has 0 radical (unpaired) electrons. The van der Waals surface area contributed by atoms with E-state index in [1.807, 2.05) is 31.2 Å². The van der Waals surface area contributed by atoms with Gasteiger partial charge in [-0.2, -0.15) is 0 Å². The number of primary amides is 1. The van der Waals surface area contributed by atoms with Gasteiger partial charge < -0.3 is 21.1 Å². The molecule has 2 aromatic carbocycles. The average molecular weight is 396 g/mol. The lowest BCUT2D eigenvalue weighted by Crippen LogP contribution is -2.38. The number of urea groups is 1. The summed E-state index contributed by atoms with van der Waals surface area (Å²) in [6.07, 6.45) is 2.30. The standard InChI is InChI=1S/C22H28N4O3/c1-15-9-10-16(21(23)27)13-18(15)25-22(28)24-14-19(26-11-5-6-12-26)17-7-3-4-8-20(17)29-2/h3-4,7-10,13,19H,5-6,11-12,14H2,1-2H3,(H2,23,27)(H2,24,25,28). The Morgan fingerprint density at radius 1 is 1.17 bits per heavy atom. The second-order valence-electron chi connectivity index (χ2n) is 7.23. The molecule has 0 aromatic heterocycles. The number of nitrogens with two attached hydrogens (primary N) is 1. The number of hydrogen-bond acceptors (Lipinski definition) is 4. The lowest BCUT2D eigenvalue weighted by atomic mass is 10.0. The van der Waals surface area contributed by atoms with Crippen LogP contribution in [0.2, 0.25) is 0 Å². The first-order valence-corrected chi connectivity index (χ1v) is 9.82. The lowest BCUT2D eigenvalue weighted by Gasteiger charge is -2.29. The number of carbonyl (C=O) groups excluding carboxylic acids is 2. The van der Waals surface area contributed by atoms with E-state index in [0.29, 0.717) is 17.8 Å². The minimum absolute atomic E-state index is 0.0254. The van der Waals surface area contributed by atoms with Gasteiger partial charge in [0, 0.05) is 23.4 Å². The van der Waals surface area contributed by atoms with E-state index in [-0.39, 0.29) is 12.1 Å². The first kappa shape index (κ1) is 20.7. The van der Waals surface area contributed by atoms with Crippen LogP contribution in [0.15, 0.2) is 42.5 Å². The number of nitrogens with zero attached hydrogens (tertiary/aromatic N) is 1. The Balaban J connectivity index is 1.72. The van der Waals surface area contributed by atoms with Crippen LogP contribution in [0.1, 0.15) is 40.4 Å². The van der Waals surface area contributed by atoms with Crippen LogP contribution in [0, 0.1) is 6.92 Å². The summed E-state index contributed by atoms with van der Waals surface area (Å²) in [5.41, 5.74) is 8.17. The second kappa shape index (κ2) is 9.43. The maximum absolute atomic E-state index is 12.6. The monoisotopic (exact) mass is 396 g/mol. The van der Waals surface area contributed by atoms with Gasteiger partial charge in [-0.3, -0.25) is 9.69 Å². The van der Waals surface area contributed by atoms with Crippen molar-refractivity contribution in [3.63, 3.8) is 0 Å². The smallest absolute Gasteiger partial charge is 0.319 e. The van der Waals surface area contributed by atoms with Gasteiger partial charge in [0.1, 0.15) is 5.75 Å². The fourth-order valence-electron chi connectivity index (χ4n) is 3.70. The van der Waals surface area contributed by atoms with Gasteiger partial charge in [-0.15, -0.1) is 0 Å². The van der Waals surface area contributed by atoms with Gasteiger partial charge in [0.15, 0.2) is 0 Å². The van der Waals surface area contributed by atoms with Crippen LogP contribution >= 0.6 is 0 Å². The molecule has 1 fully saturated rings. The fourth-order valence-corrected chi connectivity index (χ4v) is 3.70. The van der Waals surface area contributed by atoms with Crippen LogP contribution in [0.4, 0.5) is 10.5 Å². The van der Waals surface area contributed by atoms with Gasteiger partial charge in [-0.25, -0.2) is 4.79 Å². The summed E-state index contributed by atoms with van der Waals surface area (Å²) in [6, 6.07) is 12.6. The van der Waals surface area contributed by atoms with E-state index in [9.17, 15) is 9.59 Å². The summed E-state index contributed by atoms with van der Waals surface area (Å²) < 4.78 is 5.54. The van der Waals surface area contributed by atoms with E-state index in [4.69, 9.17) is 10.5 Å². The van der Waals surface area contributed by atoms with E-state index in [1.54, 1.807) is 25.3 Å². The van der Waals surface area contributed by atoms with Crippen LogP contribution in [0.3, 0.4) is 0 Å². The number of methoxy groups -OCH3 is 1. The number of anilines is 1. The van der Waals surface area contributed by atoms with Crippen molar-refractivity contribution in [1.29, 1.82) is 0 Å². The molecule has 0 aliphatic carbocycles. The van der Waals surface area contributed by atoms with Crippen LogP contribution in [-0.4, -0.2) is 43.6 Å². The predicted molar refractivity (Wildman–Crippen MR) is 113 cm³/mol. The molecule has 3 amide bonds. The van der Waals surface area contributed by atoms with Gasteiger partial charge in [0.05, 0.1) is 13.2 Å². The summed E-state index contributed by atoms with van der Waals surface area (Å²) in [7, 11) is 1.66. The zero-order valence-electron chi connectivity index (χ0n) is 16.9. The summed E-state index contributed by atoms with van der Waals surface area (Å²) in [5.74, 6) is 0.287. The molecule has 1 aliphatic rings. The van der Waals surface area contributed by atoms with E-state index in [2.05, 4.69) is 15.5 Å². The van der Waals surface area contributed by atoms with Crippen LogP contribution in [0.5, 0.6) is 5.75 Å². The highest BCUT2D eigenvalue weighted by Crippen LogP contribution is 2.31. The molecule has 1 atom stereocenters. The molecule has 29 heavy (non-hydrogen) atoms. The summed E-state index contributed by atoms with van der Waals surface area (Å²) >= 11 is 0. The molecule has 7 heteroatoms. The van der Waals surface area contributed by atoms with Crippen molar-refractivity contribution < 1.29 is 14.3 Å². The van der Waals surface area contributed by atoms with Gasteiger partial charge in [0.25, 0.3) is 0 Å². The third-order valence-electron chi connectivity index (χ3n) is 5.31. The Kier molecular flexibility index (Phi) is 6.72. The number of hydrogen-bond donors (Lipinski definition) is 3. The van der Waals surface area contributed by atoms with Crippen molar-refractivity contribution in [2.24, 2.45) is 5.73 Å². The molecule has 1 unspecified atom stereocenters. The third-order valence-corrected chi connectivity index (χ3v) is 5.31. The molecule has 2 aromatic rings. The number of amides is 3. The number of carbonyl (C=O) groups is 2. The molecule has 1 heterocycles. The Hall–Kier alpha value is -3.06. The maximum atomic E-state index is 12.6. The molecule has 3 rings (SSSR count). The number of rotatable bonds is 7. The van der Waals surface area contributed by atoms with E-state index < -0.39 is 5.91 Å². The Labute approximate surface area is 171 Å². The Bertz CT molecular complexity index is 878. The highest BCUT2D eigenvalue weighted by Gasteiger charge is 2.26. The van der Waals surface area contributed by atoms with Gasteiger partial charge in [-0.1, -0.05) is 24.3 Å². The van der Waals surface area contributed by atoms with Gasteiger partial charge in [0.2, 0.25) is 5.91 Å². The maximum Gasteiger partial charge on any atom is 0.319 e. The summed E-state index contributed by atoms with van der Waals surface area (Å²) in [5, 5.41) is 5.79. The first-order chi connectivity index (χ1) is 14.0. The van der Waals surface area contributed by atoms with Crippen molar-refractivity contribution in [2.45, 2.75) is 25.8 Å². The SMILES string of the molecule is COc1ccccc1C(CNC(=O)Nc1cc(C(N)=O)ccc1C)N1CCCC1.